The second-order valence-corrected chi connectivity index (χ2v) is 24.7. The predicted molar refractivity (Wildman–Crippen MR) is 392 cm³/mol. The van der Waals surface area contributed by atoms with E-state index in [0.717, 1.165) is 149 Å². The van der Waals surface area contributed by atoms with Crippen LogP contribution in [0.4, 0.5) is 0 Å². The van der Waals surface area contributed by atoms with Crippen LogP contribution in [0.2, 0.25) is 0 Å². The van der Waals surface area contributed by atoms with Crippen molar-refractivity contribution in [3.8, 4) is 68.0 Å². The fourth-order valence-corrected chi connectivity index (χ4v) is 15.5. The topological polar surface area (TPSA) is 54.3 Å². The normalized spacial score (nSPS) is 12.0. The lowest BCUT2D eigenvalue weighted by Crippen LogP contribution is -2.50. The third-order valence-corrected chi connectivity index (χ3v) is 19.5. The summed E-state index contributed by atoms with van der Waals surface area (Å²) in [4.78, 5) is 11.3. The lowest BCUT2D eigenvalue weighted by atomic mass is 10.0. The average Bonchev–Trinajstić information content (AvgIpc) is 0.980. The van der Waals surface area contributed by atoms with Gasteiger partial charge in [-0.25, -0.2) is 19.1 Å². The minimum absolute atomic E-state index is 0.628. The molecule has 20 rings (SSSR count). The van der Waals surface area contributed by atoms with Gasteiger partial charge in [0.1, 0.15) is 27.8 Å². The molecule has 95 heavy (non-hydrogen) atoms. The number of rotatable bonds is 9. The first-order valence-corrected chi connectivity index (χ1v) is 32.4. The van der Waals surface area contributed by atoms with E-state index in [1.807, 2.05) is 0 Å². The lowest BCUT2D eigenvalue weighted by molar-refractivity contribution is -0.708. The van der Waals surface area contributed by atoms with Crippen LogP contribution >= 0.6 is 0 Å². The van der Waals surface area contributed by atoms with Crippen molar-refractivity contribution in [3.63, 3.8) is 0 Å². The van der Waals surface area contributed by atoms with Crippen LogP contribution in [0, 0.1) is 0 Å². The Morgan fingerprint density at radius 2 is 0.579 bits per heavy atom. The number of para-hydroxylation sites is 9. The number of pyridine rings is 1. The highest BCUT2D eigenvalue weighted by molar-refractivity contribution is 6.15. The molecular weight excluding hydrogens is 1160 g/mol. The largest absolute Gasteiger partial charge is 0.309 e. The van der Waals surface area contributed by atoms with E-state index in [4.69, 9.17) is 9.97 Å². The summed E-state index contributed by atoms with van der Waals surface area (Å²) in [5.41, 5.74) is 19.5. The number of fused-ring (bicyclic) bond motifs is 15. The predicted octanol–water partition coefficient (Wildman–Crippen LogP) is 21.2. The molecule has 0 N–H and O–H groups in total. The molecular formula is C87H55N8+. The maximum Gasteiger partial charge on any atom is 0.282 e. The molecule has 0 aliphatic rings. The number of benzene rings is 13. The van der Waals surface area contributed by atoms with Crippen LogP contribution in [0.1, 0.15) is 0 Å². The highest BCUT2D eigenvalue weighted by Crippen LogP contribution is 2.46. The van der Waals surface area contributed by atoms with E-state index in [9.17, 15) is 0 Å². The molecule has 7 aromatic heterocycles. The van der Waals surface area contributed by atoms with Gasteiger partial charge in [-0.05, 0) is 102 Å². The number of aromatic nitrogens is 8. The molecule has 0 aliphatic carbocycles. The second-order valence-electron chi connectivity index (χ2n) is 24.7. The summed E-state index contributed by atoms with van der Waals surface area (Å²) in [5.74, 6) is 2.42. The molecule has 0 amide bonds. The maximum atomic E-state index is 5.85. The van der Waals surface area contributed by atoms with Crippen LogP contribution < -0.4 is 4.68 Å². The fourth-order valence-electron chi connectivity index (χ4n) is 15.5. The van der Waals surface area contributed by atoms with Gasteiger partial charge in [-0.2, -0.15) is 4.68 Å². The zero-order valence-corrected chi connectivity index (χ0v) is 51.3. The number of nitrogens with zero attached hydrogens (tertiary/aromatic N) is 8. The van der Waals surface area contributed by atoms with Gasteiger partial charge in [0.25, 0.3) is 11.6 Å². The summed E-state index contributed by atoms with van der Waals surface area (Å²) >= 11 is 0. The quantitative estimate of drug-likeness (QED) is 0.135. The molecule has 8 heteroatoms. The van der Waals surface area contributed by atoms with Gasteiger partial charge in [-0.15, -0.1) is 4.68 Å². The van der Waals surface area contributed by atoms with E-state index < -0.39 is 0 Å². The second kappa shape index (κ2) is 20.8. The van der Waals surface area contributed by atoms with Gasteiger partial charge in [0.2, 0.25) is 0 Å². The summed E-state index contributed by atoms with van der Waals surface area (Å²) in [6.07, 6.45) is 0. The van der Waals surface area contributed by atoms with Crippen molar-refractivity contribution in [1.29, 1.82) is 0 Å². The smallest absolute Gasteiger partial charge is 0.282 e. The Balaban J connectivity index is 1.000. The van der Waals surface area contributed by atoms with Gasteiger partial charge in [0.15, 0.2) is 5.82 Å². The maximum absolute atomic E-state index is 5.85. The fraction of sp³-hybridized carbons (Fsp3) is 0. The summed E-state index contributed by atoms with van der Waals surface area (Å²) in [6, 6.07) is 122. The molecule has 13 aromatic carbocycles. The van der Waals surface area contributed by atoms with Gasteiger partial charge >= 0.3 is 0 Å². The van der Waals surface area contributed by atoms with E-state index >= 15 is 0 Å². The van der Waals surface area contributed by atoms with Crippen LogP contribution in [0.3, 0.4) is 0 Å². The Bertz CT molecular complexity index is 6310. The van der Waals surface area contributed by atoms with E-state index in [2.05, 4.69) is 361 Å². The molecule has 442 valence electrons. The zero-order valence-electron chi connectivity index (χ0n) is 51.3. The third kappa shape index (κ3) is 7.92. The zero-order chi connectivity index (χ0) is 62.2. The summed E-state index contributed by atoms with van der Waals surface area (Å²) in [6.45, 7) is 0. The van der Waals surface area contributed by atoms with Crippen LogP contribution in [0.15, 0.2) is 334 Å². The summed E-state index contributed by atoms with van der Waals surface area (Å²) < 4.78 is 15.0. The van der Waals surface area contributed by atoms with Crippen molar-refractivity contribution in [3.05, 3.63) is 334 Å². The Labute approximate surface area is 545 Å². The van der Waals surface area contributed by atoms with Crippen LogP contribution in [0.25, 0.3) is 177 Å². The van der Waals surface area contributed by atoms with Gasteiger partial charge in [0, 0.05) is 82.3 Å². The minimum Gasteiger partial charge on any atom is -0.309 e. The SMILES string of the molecule is c1ccc(-c2cc(-c3cc(-n4c5ccccc5c5ccccc54)[n+](-n4c5ccccc5c5cc(-c6ccc7c(c6)c6ccccc6n7-c6ccccc6)ccc54)c(-n4c5ccccc5c5ccccc54)c3-n3c4ccccc4c4ccccc43)nc(-c3ccccc3)n2)cc1. The van der Waals surface area contributed by atoms with Crippen molar-refractivity contribution >= 4 is 109 Å². The van der Waals surface area contributed by atoms with E-state index in [1.165, 1.54) is 21.8 Å². The Kier molecular flexibility index (Phi) is 11.6. The minimum atomic E-state index is 0.628. The summed E-state index contributed by atoms with van der Waals surface area (Å²) in [5, 5.41) is 11.5. The highest BCUT2D eigenvalue weighted by Gasteiger charge is 2.37. The molecule has 8 nitrogen and oxygen atoms in total. The van der Waals surface area contributed by atoms with Gasteiger partial charge < -0.3 is 9.13 Å². The van der Waals surface area contributed by atoms with E-state index in [0.29, 0.717) is 5.82 Å². The molecule has 20 aromatic rings. The lowest BCUT2D eigenvalue weighted by Gasteiger charge is -2.24. The first-order valence-electron chi connectivity index (χ1n) is 32.4. The highest BCUT2D eigenvalue weighted by atomic mass is 15.5. The van der Waals surface area contributed by atoms with Crippen molar-refractivity contribution in [2.45, 2.75) is 0 Å². The van der Waals surface area contributed by atoms with Gasteiger partial charge in [-0.1, -0.05) is 237 Å². The molecule has 0 saturated carbocycles. The molecule has 0 atom stereocenters. The molecule has 0 aliphatic heterocycles. The third-order valence-electron chi connectivity index (χ3n) is 19.5. The van der Waals surface area contributed by atoms with E-state index in [1.54, 1.807) is 0 Å². The Morgan fingerprint density at radius 1 is 0.232 bits per heavy atom. The summed E-state index contributed by atoms with van der Waals surface area (Å²) in [7, 11) is 0. The molecule has 7 heterocycles. The Morgan fingerprint density at radius 3 is 1.08 bits per heavy atom. The van der Waals surface area contributed by atoms with Crippen LogP contribution in [-0.2, 0) is 0 Å². The first kappa shape index (κ1) is 52.8. The monoisotopic (exact) mass is 1210 g/mol. The first-order chi connectivity index (χ1) is 47.2. The van der Waals surface area contributed by atoms with Crippen molar-refractivity contribution in [2.24, 2.45) is 0 Å². The molecule has 0 saturated heterocycles. The van der Waals surface area contributed by atoms with Gasteiger partial charge in [-0.3, -0.25) is 0 Å². The van der Waals surface area contributed by atoms with Crippen molar-refractivity contribution < 1.29 is 4.68 Å². The molecule has 0 unspecified atom stereocenters. The molecule has 0 fully saturated rings. The van der Waals surface area contributed by atoms with Gasteiger partial charge in [0.05, 0.1) is 44.5 Å². The molecule has 0 bridgehead atoms. The van der Waals surface area contributed by atoms with Crippen LogP contribution in [0.5, 0.6) is 0 Å². The van der Waals surface area contributed by atoms with E-state index in [-0.39, 0.29) is 0 Å². The average molecular weight is 1210 g/mol. The standard InChI is InChI=1S/C87H55N8/c1-4-26-56(27-5-1)72-55-73(89-86(88-72)57-28-6-2-7-29-57)71-54-84(91-75-41-19-10-32-61(75)62-33-11-20-42-76(62)91)95(87(93-79-45-23-14-36-65(79)66-37-15-24-46-80(66)93)85(71)92-77-43-21-12-34-63(77)64-35-13-22-44-78(64)92)94-82-47-25-17-39-68(82)70-53-59(49-51-83(70)94)58-48-50-81-69(52-58)67-38-16-18-40-74(67)90(81)60-30-8-3-9-31-60/h1-55H/q+1. The molecule has 0 radical (unpaired) electrons. The van der Waals surface area contributed by atoms with Crippen molar-refractivity contribution in [1.82, 2.24) is 32.9 Å². The number of hydrogen-bond acceptors (Lipinski definition) is 2. The number of hydrogen-bond donors (Lipinski definition) is 0. The Hall–Kier alpha value is -12.9. The van der Waals surface area contributed by atoms with Crippen LogP contribution in [-0.4, -0.2) is 32.9 Å². The molecule has 0 spiro atoms. The van der Waals surface area contributed by atoms with Crippen molar-refractivity contribution in [2.75, 3.05) is 0 Å².